The first-order valence-corrected chi connectivity index (χ1v) is 28.1. The van der Waals surface area contributed by atoms with E-state index < -0.39 is 58.4 Å². The second kappa shape index (κ2) is 24.8. The molecular weight excluding hydrogens is 1280 g/mol. The molecule has 0 atom stereocenters. The van der Waals surface area contributed by atoms with E-state index in [1.54, 1.807) is 24.3 Å². The standard InChI is InChI=1S/C28H20BrFN4O6S.C20H12BrFN4O5S.CHF3O3S/c1-38-20-5-2-18(3-6-20)17-33(27-10-12-40-32-27)41(36,37)21-7-8-24-19(14-21)4-9-28(35)34(24)25-16-23(30)22(29)15-26(25)39-13-11-31;21-14-10-18(30-8-6-23)17(11-15(14)22)26-16-3-2-13(9-12(16)1-4-20(26)27)32(28,29)25-19-5-7-31-24-19;2-1(3,4)8(5,6)7/h2-10,12,14-16H,13,17H2,1H3;1-5,7,9-11H,8H2,(H,24,25);(H,5,6,7). The molecule has 4 aromatic heterocycles. The SMILES string of the molecule is COc1ccc(CN(c2ccon2)S(=O)(=O)c2ccc3c(ccc(=O)n3-c3cc(F)c(Br)cc3OCC#N)c2)cc1.N#CCOc1cc(Br)c(F)cc1-n1c(=O)ccc2cc(S(=O)(=O)Nc3ccon3)ccc21.O=S(=O)(O)C(F)(F)F. The van der Waals surface area contributed by atoms with Crippen molar-refractivity contribution >= 4 is 95.5 Å². The summed E-state index contributed by atoms with van der Waals surface area (Å²) in [5, 5.41) is 25.9. The van der Waals surface area contributed by atoms with Gasteiger partial charge in [-0.2, -0.15) is 32.1 Å². The molecule has 0 spiro atoms. The van der Waals surface area contributed by atoms with Crippen molar-refractivity contribution in [2.24, 2.45) is 0 Å². The molecule has 9 rings (SSSR count). The number of benzene rings is 5. The van der Waals surface area contributed by atoms with Gasteiger partial charge >= 0.3 is 15.6 Å². The first-order valence-electron chi connectivity index (χ1n) is 22.1. The molecule has 420 valence electrons. The van der Waals surface area contributed by atoms with Crippen LogP contribution in [0.25, 0.3) is 33.2 Å². The Hall–Kier alpha value is -8.66. The maximum absolute atomic E-state index is 14.6. The second-order valence-corrected chi connectivity index (χ2v) is 22.6. The van der Waals surface area contributed by atoms with Crippen molar-refractivity contribution in [3.05, 3.63) is 181 Å². The number of hydrogen-bond acceptors (Lipinski definition) is 17. The molecule has 0 aliphatic rings. The van der Waals surface area contributed by atoms with Crippen LogP contribution in [0.1, 0.15) is 5.56 Å². The van der Waals surface area contributed by atoms with E-state index in [4.69, 9.17) is 42.2 Å². The summed E-state index contributed by atoms with van der Waals surface area (Å²) < 4.78 is 171. The van der Waals surface area contributed by atoms with Crippen LogP contribution in [0, 0.1) is 34.3 Å². The summed E-state index contributed by atoms with van der Waals surface area (Å²) in [6.45, 7) is -0.700. The Morgan fingerprint density at radius 2 is 1.16 bits per heavy atom. The minimum atomic E-state index is -5.84. The number of nitriles is 2. The van der Waals surface area contributed by atoms with E-state index in [0.717, 1.165) is 16.4 Å². The van der Waals surface area contributed by atoms with Gasteiger partial charge in [-0.05, 0) is 110 Å². The molecule has 32 heteroatoms. The zero-order valence-corrected chi connectivity index (χ0v) is 46.2. The van der Waals surface area contributed by atoms with Gasteiger partial charge < -0.3 is 23.3 Å². The number of alkyl halides is 3. The molecule has 0 amide bonds. The van der Waals surface area contributed by atoms with Crippen LogP contribution in [0.15, 0.2) is 171 Å². The Morgan fingerprint density at radius 1 is 0.679 bits per heavy atom. The summed E-state index contributed by atoms with van der Waals surface area (Å²) in [6, 6.07) is 31.9. The predicted molar refractivity (Wildman–Crippen MR) is 284 cm³/mol. The number of nitrogens with one attached hydrogen (secondary N) is 1. The molecule has 9 aromatic rings. The summed E-state index contributed by atoms with van der Waals surface area (Å²) in [5.41, 5.74) is -5.16. The predicted octanol–water partition coefficient (Wildman–Crippen LogP) is 9.16. The van der Waals surface area contributed by atoms with Gasteiger partial charge in [-0.15, -0.1) is 0 Å². The molecular formula is C49H33Br2F5N8O14S3. The lowest BCUT2D eigenvalue weighted by Gasteiger charge is -2.22. The number of hydrogen-bond donors (Lipinski definition) is 2. The highest BCUT2D eigenvalue weighted by molar-refractivity contribution is 9.10. The van der Waals surface area contributed by atoms with Gasteiger partial charge in [0.25, 0.3) is 31.2 Å². The van der Waals surface area contributed by atoms with Crippen LogP contribution < -0.4 is 34.4 Å². The largest absolute Gasteiger partial charge is 0.522 e. The summed E-state index contributed by atoms with van der Waals surface area (Å²) in [4.78, 5) is 25.6. The van der Waals surface area contributed by atoms with Gasteiger partial charge in [-0.3, -0.25) is 28.0 Å². The molecule has 0 bridgehead atoms. The van der Waals surface area contributed by atoms with E-state index in [2.05, 4.69) is 51.4 Å². The maximum atomic E-state index is 14.6. The molecule has 5 aromatic carbocycles. The Balaban J connectivity index is 0.000000210. The Morgan fingerprint density at radius 3 is 1.60 bits per heavy atom. The number of anilines is 2. The zero-order chi connectivity index (χ0) is 59.0. The van der Waals surface area contributed by atoms with Crippen molar-refractivity contribution in [3.63, 3.8) is 0 Å². The van der Waals surface area contributed by atoms with Crippen molar-refractivity contribution in [1.29, 1.82) is 10.5 Å². The Kier molecular flexibility index (Phi) is 18.4. The number of halogens is 7. The molecule has 0 saturated heterocycles. The van der Waals surface area contributed by atoms with E-state index in [1.165, 1.54) is 114 Å². The van der Waals surface area contributed by atoms with E-state index in [1.807, 2.05) is 12.1 Å². The van der Waals surface area contributed by atoms with Gasteiger partial charge in [-0.1, -0.05) is 22.4 Å². The van der Waals surface area contributed by atoms with Gasteiger partial charge in [0, 0.05) is 47.2 Å². The van der Waals surface area contributed by atoms with Gasteiger partial charge in [0.1, 0.15) is 53.5 Å². The third-order valence-electron chi connectivity index (χ3n) is 10.8. The van der Waals surface area contributed by atoms with Gasteiger partial charge in [0.15, 0.2) is 24.8 Å². The minimum Gasteiger partial charge on any atom is -0.497 e. The molecule has 2 N–H and O–H groups in total. The van der Waals surface area contributed by atoms with Crippen molar-refractivity contribution in [1.82, 2.24) is 19.4 Å². The maximum Gasteiger partial charge on any atom is 0.522 e. The van der Waals surface area contributed by atoms with Crippen LogP contribution in [-0.2, 0) is 36.7 Å². The topological polar surface area (TPSA) is 309 Å². The fourth-order valence-electron chi connectivity index (χ4n) is 7.22. The smallest absolute Gasteiger partial charge is 0.497 e. The average molecular weight is 1310 g/mol. The van der Waals surface area contributed by atoms with Crippen LogP contribution in [-0.4, -0.2) is 75.1 Å². The summed E-state index contributed by atoms with van der Waals surface area (Å²) in [5.74, 6) is -0.410. The number of methoxy groups -OCH3 is 1. The second-order valence-electron chi connectivity index (χ2n) is 15.9. The lowest BCUT2D eigenvalue weighted by molar-refractivity contribution is -0.0510. The highest BCUT2D eigenvalue weighted by Gasteiger charge is 2.44. The average Bonchev–Trinajstić information content (AvgIpc) is 4.18. The van der Waals surface area contributed by atoms with Crippen LogP contribution in [0.2, 0.25) is 0 Å². The number of sulfonamides is 2. The molecule has 81 heavy (non-hydrogen) atoms. The number of pyridine rings is 2. The first-order chi connectivity index (χ1) is 38.3. The molecule has 0 fully saturated rings. The number of nitrogens with zero attached hydrogens (tertiary/aromatic N) is 7. The van der Waals surface area contributed by atoms with Crippen molar-refractivity contribution in [2.45, 2.75) is 21.8 Å². The van der Waals surface area contributed by atoms with Crippen molar-refractivity contribution < 1.29 is 75.0 Å². The Bertz CT molecular complexity index is 4370. The Labute approximate surface area is 470 Å². The van der Waals surface area contributed by atoms with Gasteiger partial charge in [0.2, 0.25) is 0 Å². The highest BCUT2D eigenvalue weighted by Crippen LogP contribution is 2.35. The number of rotatable bonds is 15. The van der Waals surface area contributed by atoms with E-state index in [0.29, 0.717) is 33.1 Å². The third kappa shape index (κ3) is 13.9. The van der Waals surface area contributed by atoms with Crippen molar-refractivity contribution in [2.75, 3.05) is 29.4 Å². The summed E-state index contributed by atoms with van der Waals surface area (Å²) in [6.07, 6.45) is 2.49. The van der Waals surface area contributed by atoms with Crippen LogP contribution in [0.4, 0.5) is 33.6 Å². The molecule has 22 nitrogen and oxygen atoms in total. The quantitative estimate of drug-likeness (QED) is 0.0549. The zero-order valence-electron chi connectivity index (χ0n) is 40.6. The molecule has 0 unspecified atom stereocenters. The normalized spacial score (nSPS) is 11.5. The molecule has 0 aliphatic heterocycles. The van der Waals surface area contributed by atoms with E-state index in [9.17, 15) is 48.4 Å². The number of fused-ring (bicyclic) bond motifs is 2. The molecule has 4 heterocycles. The van der Waals surface area contributed by atoms with Crippen molar-refractivity contribution in [3.8, 4) is 40.8 Å². The molecule has 0 radical (unpaired) electrons. The van der Waals surface area contributed by atoms with E-state index in [-0.39, 0.29) is 73.0 Å². The van der Waals surface area contributed by atoms with Crippen LogP contribution in [0.3, 0.4) is 0 Å². The fraction of sp³-hybridized carbons (Fsp3) is 0.102. The lowest BCUT2D eigenvalue weighted by Crippen LogP contribution is -2.31. The lowest BCUT2D eigenvalue weighted by atomic mass is 10.2. The van der Waals surface area contributed by atoms with Gasteiger partial charge in [0.05, 0.1) is 54.8 Å². The fourth-order valence-corrected chi connectivity index (χ4v) is 10.3. The monoisotopic (exact) mass is 1310 g/mol. The first kappa shape index (κ1) is 60.0. The highest BCUT2D eigenvalue weighted by atomic mass is 79.9. The van der Waals surface area contributed by atoms with Crippen LogP contribution >= 0.6 is 31.9 Å². The minimum absolute atomic E-state index is 0.0136. The number of aromatic nitrogens is 4. The summed E-state index contributed by atoms with van der Waals surface area (Å²) in [7, 11) is -12.5. The third-order valence-corrected chi connectivity index (χ3v) is 15.7. The summed E-state index contributed by atoms with van der Waals surface area (Å²) >= 11 is 6.15. The molecule has 0 saturated carbocycles. The van der Waals surface area contributed by atoms with Crippen LogP contribution in [0.5, 0.6) is 17.2 Å². The van der Waals surface area contributed by atoms with Gasteiger partial charge in [-0.25, -0.2) is 29.9 Å². The number of ether oxygens (including phenoxy) is 3. The van der Waals surface area contributed by atoms with E-state index >= 15 is 0 Å². The molecule has 0 aliphatic carbocycles.